The van der Waals surface area contributed by atoms with Crippen molar-refractivity contribution in [3.8, 4) is 0 Å². The van der Waals surface area contributed by atoms with Crippen LogP contribution in [0.4, 0.5) is 11.4 Å². The number of rotatable bonds is 3. The topological polar surface area (TPSA) is 58.2 Å². The minimum Gasteiger partial charge on any atom is -0.326 e. The summed E-state index contributed by atoms with van der Waals surface area (Å²) < 4.78 is 0. The summed E-state index contributed by atoms with van der Waals surface area (Å²) in [6.07, 6.45) is 0. The smallest absolute Gasteiger partial charge is 0.255 e. The van der Waals surface area contributed by atoms with Crippen LogP contribution >= 0.6 is 0 Å². The zero-order valence-electron chi connectivity index (χ0n) is 11.4. The van der Waals surface area contributed by atoms with Crippen molar-refractivity contribution in [1.82, 2.24) is 0 Å². The molecule has 0 unspecified atom stereocenters. The number of anilines is 2. The van der Waals surface area contributed by atoms with Crippen molar-refractivity contribution in [3.05, 3.63) is 59.7 Å². The third-order valence-corrected chi connectivity index (χ3v) is 2.83. The molecule has 0 atom stereocenters. The minimum atomic E-state index is -0.152. The van der Waals surface area contributed by atoms with Crippen LogP contribution in [0.15, 0.2) is 48.5 Å². The largest absolute Gasteiger partial charge is 0.326 e. The van der Waals surface area contributed by atoms with Crippen LogP contribution in [0.2, 0.25) is 0 Å². The molecule has 0 aliphatic rings. The van der Waals surface area contributed by atoms with Gasteiger partial charge in [0.1, 0.15) is 0 Å². The van der Waals surface area contributed by atoms with Crippen molar-refractivity contribution < 1.29 is 9.59 Å². The van der Waals surface area contributed by atoms with E-state index in [4.69, 9.17) is 0 Å². The van der Waals surface area contributed by atoms with Crippen LogP contribution in [0, 0.1) is 6.92 Å². The summed E-state index contributed by atoms with van der Waals surface area (Å²) >= 11 is 0. The average molecular weight is 268 g/mol. The normalized spacial score (nSPS) is 9.90. The summed E-state index contributed by atoms with van der Waals surface area (Å²) in [5.74, 6) is -0.272. The fourth-order valence-electron chi connectivity index (χ4n) is 1.87. The number of carbonyl (C=O) groups is 2. The zero-order valence-corrected chi connectivity index (χ0v) is 11.4. The molecular weight excluding hydrogens is 252 g/mol. The number of hydrogen-bond acceptors (Lipinski definition) is 2. The number of amides is 2. The van der Waals surface area contributed by atoms with Gasteiger partial charge in [0, 0.05) is 23.9 Å². The van der Waals surface area contributed by atoms with E-state index in [9.17, 15) is 9.59 Å². The summed E-state index contributed by atoms with van der Waals surface area (Å²) in [7, 11) is 0. The summed E-state index contributed by atoms with van der Waals surface area (Å²) in [5.41, 5.74) is 2.94. The van der Waals surface area contributed by atoms with Crippen LogP contribution < -0.4 is 10.6 Å². The Balaban J connectivity index is 2.14. The summed E-state index contributed by atoms with van der Waals surface area (Å²) in [6.45, 7) is 3.34. The lowest BCUT2D eigenvalue weighted by molar-refractivity contribution is -0.114. The molecule has 4 nitrogen and oxygen atoms in total. The molecule has 0 saturated heterocycles. The summed E-state index contributed by atoms with van der Waals surface area (Å²) in [4.78, 5) is 23.0. The highest BCUT2D eigenvalue weighted by atomic mass is 16.2. The van der Waals surface area contributed by atoms with Crippen LogP contribution in [0.5, 0.6) is 0 Å². The van der Waals surface area contributed by atoms with Crippen molar-refractivity contribution in [1.29, 1.82) is 0 Å². The van der Waals surface area contributed by atoms with Crippen LogP contribution in [-0.2, 0) is 4.79 Å². The minimum absolute atomic E-state index is 0.120. The number of carbonyl (C=O) groups excluding carboxylic acids is 2. The van der Waals surface area contributed by atoms with Crippen LogP contribution in [-0.4, -0.2) is 11.8 Å². The lowest BCUT2D eigenvalue weighted by Crippen LogP contribution is -2.13. The fraction of sp³-hybridized carbons (Fsp3) is 0.125. The molecule has 4 heteroatoms. The van der Waals surface area contributed by atoms with Gasteiger partial charge in [-0.15, -0.1) is 0 Å². The van der Waals surface area contributed by atoms with Crippen molar-refractivity contribution in [2.75, 3.05) is 10.6 Å². The summed E-state index contributed by atoms with van der Waals surface area (Å²) in [6, 6.07) is 14.4. The zero-order chi connectivity index (χ0) is 14.5. The molecule has 2 amide bonds. The van der Waals surface area contributed by atoms with Gasteiger partial charge in [0.05, 0.1) is 0 Å². The molecule has 0 aliphatic carbocycles. The number of aryl methyl sites for hydroxylation is 1. The maximum absolute atomic E-state index is 12.0. The molecular formula is C16H16N2O2. The van der Waals surface area contributed by atoms with Gasteiger partial charge >= 0.3 is 0 Å². The molecule has 0 bridgehead atoms. The number of hydrogen-bond donors (Lipinski definition) is 2. The van der Waals surface area contributed by atoms with Gasteiger partial charge in [-0.2, -0.15) is 0 Å². The third kappa shape index (κ3) is 3.45. The van der Waals surface area contributed by atoms with Gasteiger partial charge in [-0.1, -0.05) is 18.2 Å². The Kier molecular flexibility index (Phi) is 4.15. The molecule has 20 heavy (non-hydrogen) atoms. The van der Waals surface area contributed by atoms with Crippen molar-refractivity contribution in [2.45, 2.75) is 13.8 Å². The Morgan fingerprint density at radius 3 is 2.25 bits per heavy atom. The molecule has 0 saturated carbocycles. The van der Waals surface area contributed by atoms with E-state index in [-0.39, 0.29) is 11.8 Å². The van der Waals surface area contributed by atoms with Crippen molar-refractivity contribution in [3.63, 3.8) is 0 Å². The van der Waals surface area contributed by atoms with Gasteiger partial charge in [0.25, 0.3) is 5.91 Å². The van der Waals surface area contributed by atoms with E-state index in [2.05, 4.69) is 10.6 Å². The first-order valence-corrected chi connectivity index (χ1v) is 6.31. The molecule has 102 valence electrons. The maximum Gasteiger partial charge on any atom is 0.255 e. The van der Waals surface area contributed by atoms with E-state index in [1.165, 1.54) is 6.92 Å². The van der Waals surface area contributed by atoms with Crippen molar-refractivity contribution >= 4 is 23.2 Å². The Hall–Kier alpha value is -2.62. The van der Waals surface area contributed by atoms with E-state index in [1.807, 2.05) is 31.2 Å². The highest BCUT2D eigenvalue weighted by Crippen LogP contribution is 2.20. The number of benzene rings is 2. The standard InChI is InChI=1S/C16H16N2O2/c1-11-10-14(17-12(2)19)8-9-15(11)18-16(20)13-6-4-3-5-7-13/h3-10H,1-2H3,(H,17,19)(H,18,20). The molecule has 2 aromatic rings. The van der Waals surface area contributed by atoms with Crippen molar-refractivity contribution in [2.24, 2.45) is 0 Å². The monoisotopic (exact) mass is 268 g/mol. The van der Waals surface area contributed by atoms with Gasteiger partial charge in [0.2, 0.25) is 5.91 Å². The average Bonchev–Trinajstić information content (AvgIpc) is 2.42. The fourth-order valence-corrected chi connectivity index (χ4v) is 1.87. The Bertz CT molecular complexity index is 636. The van der Waals surface area contributed by atoms with Gasteiger partial charge in [-0.25, -0.2) is 0 Å². The van der Waals surface area contributed by atoms with Crippen LogP contribution in [0.1, 0.15) is 22.8 Å². The first-order chi connectivity index (χ1) is 9.56. The summed E-state index contributed by atoms with van der Waals surface area (Å²) in [5, 5.41) is 5.56. The van der Waals surface area contributed by atoms with E-state index in [0.717, 1.165) is 11.3 Å². The molecule has 0 radical (unpaired) electrons. The van der Waals surface area contributed by atoms with Gasteiger partial charge < -0.3 is 10.6 Å². The van der Waals surface area contributed by atoms with E-state index >= 15 is 0 Å². The SMILES string of the molecule is CC(=O)Nc1ccc(NC(=O)c2ccccc2)c(C)c1. The van der Waals surface area contributed by atoms with E-state index in [0.29, 0.717) is 11.3 Å². The molecule has 2 N–H and O–H groups in total. The van der Waals surface area contributed by atoms with Crippen LogP contribution in [0.3, 0.4) is 0 Å². The van der Waals surface area contributed by atoms with E-state index < -0.39 is 0 Å². The molecule has 0 aromatic heterocycles. The Morgan fingerprint density at radius 2 is 1.65 bits per heavy atom. The lowest BCUT2D eigenvalue weighted by Gasteiger charge is -2.10. The molecule has 0 aliphatic heterocycles. The van der Waals surface area contributed by atoms with E-state index in [1.54, 1.807) is 24.3 Å². The van der Waals surface area contributed by atoms with Crippen LogP contribution in [0.25, 0.3) is 0 Å². The molecule has 2 rings (SSSR count). The number of nitrogens with one attached hydrogen (secondary N) is 2. The second-order valence-electron chi connectivity index (χ2n) is 4.53. The maximum atomic E-state index is 12.0. The third-order valence-electron chi connectivity index (χ3n) is 2.83. The highest BCUT2D eigenvalue weighted by Gasteiger charge is 2.07. The quantitative estimate of drug-likeness (QED) is 0.898. The predicted molar refractivity (Wildman–Crippen MR) is 79.9 cm³/mol. The van der Waals surface area contributed by atoms with Gasteiger partial charge in [-0.3, -0.25) is 9.59 Å². The Labute approximate surface area is 117 Å². The first-order valence-electron chi connectivity index (χ1n) is 6.31. The molecule has 2 aromatic carbocycles. The molecule has 0 fully saturated rings. The lowest BCUT2D eigenvalue weighted by atomic mass is 10.1. The second kappa shape index (κ2) is 6.02. The van der Waals surface area contributed by atoms with Gasteiger partial charge in [-0.05, 0) is 42.8 Å². The predicted octanol–water partition coefficient (Wildman–Crippen LogP) is 3.21. The second-order valence-corrected chi connectivity index (χ2v) is 4.53. The molecule has 0 spiro atoms. The first kappa shape index (κ1) is 13.8. The highest BCUT2D eigenvalue weighted by molar-refractivity contribution is 6.04. The molecule has 0 heterocycles. The van der Waals surface area contributed by atoms with Gasteiger partial charge in [0.15, 0.2) is 0 Å². The Morgan fingerprint density at radius 1 is 0.950 bits per heavy atom.